The Hall–Kier alpha value is -0.560. The standard InChI is InChI=1S/C7H14ClN.C4H9N.C2H2O4.ClH/c1-7-5-9(6-7)4-2-3-8;1-4-2-5-3-4;3-1(4)2(5)6;/h7H,2-6H2,1H3;4-5H,2-3H2,1H3;(H,3,4)(H,5,6);1H. The number of likely N-dealkylation sites (tertiary alicyclic amines) is 1. The molecular weight excluding hydrogens is 319 g/mol. The number of nitrogens with one attached hydrogen (secondary N) is 1. The van der Waals surface area contributed by atoms with Crippen molar-refractivity contribution in [1.82, 2.24) is 10.2 Å². The van der Waals surface area contributed by atoms with Crippen LogP contribution in [0.15, 0.2) is 0 Å². The van der Waals surface area contributed by atoms with Crippen LogP contribution >= 0.6 is 24.0 Å². The monoisotopic (exact) mass is 344 g/mol. The molecule has 0 radical (unpaired) electrons. The van der Waals surface area contributed by atoms with Gasteiger partial charge in [-0.1, -0.05) is 13.8 Å². The van der Waals surface area contributed by atoms with Crippen molar-refractivity contribution >= 4 is 35.9 Å². The van der Waals surface area contributed by atoms with Crippen LogP contribution in [-0.4, -0.2) is 65.7 Å². The van der Waals surface area contributed by atoms with E-state index in [-0.39, 0.29) is 12.4 Å². The maximum Gasteiger partial charge on any atom is 0.414 e. The first-order chi connectivity index (χ1) is 9.36. The largest absolute Gasteiger partial charge is 0.473 e. The second-order valence-electron chi connectivity index (χ2n) is 5.28. The summed E-state index contributed by atoms with van der Waals surface area (Å²) in [7, 11) is 0. The average molecular weight is 345 g/mol. The highest BCUT2D eigenvalue weighted by Crippen LogP contribution is 2.13. The van der Waals surface area contributed by atoms with E-state index in [1.165, 1.54) is 32.7 Å². The minimum atomic E-state index is -1.82. The van der Waals surface area contributed by atoms with Crippen molar-refractivity contribution in [2.75, 3.05) is 38.6 Å². The van der Waals surface area contributed by atoms with Gasteiger partial charge in [0.25, 0.3) is 0 Å². The molecule has 21 heavy (non-hydrogen) atoms. The number of hydrogen-bond donors (Lipinski definition) is 3. The highest BCUT2D eigenvalue weighted by atomic mass is 35.5. The summed E-state index contributed by atoms with van der Waals surface area (Å²) in [5.41, 5.74) is 0. The van der Waals surface area contributed by atoms with Gasteiger partial charge in [0.2, 0.25) is 0 Å². The number of alkyl halides is 1. The zero-order chi connectivity index (χ0) is 15.5. The van der Waals surface area contributed by atoms with Gasteiger partial charge in [0.1, 0.15) is 0 Å². The van der Waals surface area contributed by atoms with Crippen LogP contribution in [0.25, 0.3) is 0 Å². The summed E-state index contributed by atoms with van der Waals surface area (Å²) in [5.74, 6) is -0.953. The molecule has 0 saturated carbocycles. The fraction of sp³-hybridized carbons (Fsp3) is 0.846. The van der Waals surface area contributed by atoms with Gasteiger partial charge in [-0.15, -0.1) is 24.0 Å². The molecule has 0 bridgehead atoms. The molecule has 2 saturated heterocycles. The Kier molecular flexibility index (Phi) is 14.2. The third-order valence-corrected chi connectivity index (χ3v) is 3.18. The lowest BCUT2D eigenvalue weighted by atomic mass is 10.0. The predicted molar refractivity (Wildman–Crippen MR) is 85.5 cm³/mol. The quantitative estimate of drug-likeness (QED) is 0.529. The molecule has 0 atom stereocenters. The van der Waals surface area contributed by atoms with E-state index in [0.29, 0.717) is 0 Å². The van der Waals surface area contributed by atoms with Crippen LogP contribution in [-0.2, 0) is 9.59 Å². The van der Waals surface area contributed by atoms with Gasteiger partial charge in [0.15, 0.2) is 0 Å². The fourth-order valence-corrected chi connectivity index (χ4v) is 1.85. The molecule has 3 N–H and O–H groups in total. The Morgan fingerprint density at radius 1 is 1.14 bits per heavy atom. The smallest absolute Gasteiger partial charge is 0.414 e. The molecule has 0 unspecified atom stereocenters. The van der Waals surface area contributed by atoms with Gasteiger partial charge < -0.3 is 20.4 Å². The lowest BCUT2D eigenvalue weighted by molar-refractivity contribution is -0.159. The number of carbonyl (C=O) groups is 2. The number of aliphatic carboxylic acids is 2. The number of nitrogens with zero attached hydrogens (tertiary/aromatic N) is 1. The second kappa shape index (κ2) is 13.1. The summed E-state index contributed by atoms with van der Waals surface area (Å²) in [4.78, 5) is 20.7. The molecule has 2 aliphatic heterocycles. The molecule has 2 heterocycles. The minimum Gasteiger partial charge on any atom is -0.473 e. The van der Waals surface area contributed by atoms with E-state index >= 15 is 0 Å². The van der Waals surface area contributed by atoms with Crippen LogP contribution < -0.4 is 5.32 Å². The molecule has 2 rings (SSSR count). The third kappa shape index (κ3) is 12.9. The Bertz CT molecular complexity index is 284. The van der Waals surface area contributed by atoms with Gasteiger partial charge in [0.05, 0.1) is 0 Å². The number of rotatable bonds is 3. The number of halogens is 2. The SMILES string of the molecule is CC1CN(CCCCl)C1.CC1CNC1.Cl.O=C(O)C(=O)O. The Balaban J connectivity index is 0. The normalized spacial score (nSPS) is 17.7. The van der Waals surface area contributed by atoms with E-state index in [4.69, 9.17) is 31.4 Å². The van der Waals surface area contributed by atoms with E-state index in [2.05, 4.69) is 24.1 Å². The lowest BCUT2D eigenvalue weighted by Crippen LogP contribution is -2.45. The Morgan fingerprint density at radius 3 is 1.76 bits per heavy atom. The molecule has 8 heteroatoms. The topological polar surface area (TPSA) is 89.9 Å². The summed E-state index contributed by atoms with van der Waals surface area (Å²) in [5, 5.41) is 17.9. The van der Waals surface area contributed by atoms with E-state index in [0.717, 1.165) is 24.1 Å². The first-order valence-electron chi connectivity index (χ1n) is 6.82. The summed E-state index contributed by atoms with van der Waals surface area (Å²) < 4.78 is 0. The minimum absolute atomic E-state index is 0. The first kappa shape index (κ1) is 22.7. The summed E-state index contributed by atoms with van der Waals surface area (Å²) in [6.45, 7) is 10.8. The van der Waals surface area contributed by atoms with Crippen molar-refractivity contribution < 1.29 is 19.8 Å². The van der Waals surface area contributed by atoms with Crippen molar-refractivity contribution in [3.8, 4) is 0 Å². The molecule has 0 aromatic rings. The zero-order valence-electron chi connectivity index (χ0n) is 12.5. The predicted octanol–water partition coefficient (Wildman–Crippen LogP) is 1.37. The van der Waals surface area contributed by atoms with E-state index in [1.807, 2.05) is 0 Å². The molecule has 0 aliphatic carbocycles. The molecule has 0 aromatic heterocycles. The first-order valence-corrected chi connectivity index (χ1v) is 7.35. The van der Waals surface area contributed by atoms with Gasteiger partial charge in [-0.2, -0.15) is 0 Å². The van der Waals surface area contributed by atoms with Crippen LogP contribution in [0, 0.1) is 11.8 Å². The summed E-state index contributed by atoms with van der Waals surface area (Å²) in [6, 6.07) is 0. The number of carboxylic acids is 2. The van der Waals surface area contributed by atoms with Crippen LogP contribution in [0.4, 0.5) is 0 Å². The van der Waals surface area contributed by atoms with Crippen molar-refractivity contribution in [1.29, 1.82) is 0 Å². The Morgan fingerprint density at radius 2 is 1.57 bits per heavy atom. The van der Waals surface area contributed by atoms with Gasteiger partial charge in [-0.05, 0) is 37.9 Å². The van der Waals surface area contributed by atoms with Gasteiger partial charge >= 0.3 is 11.9 Å². The summed E-state index contributed by atoms with van der Waals surface area (Å²) in [6.07, 6.45) is 1.15. The van der Waals surface area contributed by atoms with E-state index in [1.54, 1.807) is 0 Å². The maximum atomic E-state index is 9.10. The lowest BCUT2D eigenvalue weighted by Gasteiger charge is -2.36. The molecule has 126 valence electrons. The molecule has 0 aromatic carbocycles. The molecule has 6 nitrogen and oxygen atoms in total. The van der Waals surface area contributed by atoms with Crippen molar-refractivity contribution in [2.24, 2.45) is 11.8 Å². The molecule has 0 spiro atoms. The molecule has 2 aliphatic rings. The van der Waals surface area contributed by atoms with Crippen molar-refractivity contribution in [3.05, 3.63) is 0 Å². The van der Waals surface area contributed by atoms with Crippen LogP contribution in [0.3, 0.4) is 0 Å². The van der Waals surface area contributed by atoms with Crippen molar-refractivity contribution in [3.63, 3.8) is 0 Å². The van der Waals surface area contributed by atoms with Crippen molar-refractivity contribution in [2.45, 2.75) is 20.3 Å². The van der Waals surface area contributed by atoms with E-state index in [9.17, 15) is 0 Å². The highest BCUT2D eigenvalue weighted by Gasteiger charge is 2.20. The highest BCUT2D eigenvalue weighted by molar-refractivity contribution is 6.27. The third-order valence-electron chi connectivity index (χ3n) is 2.92. The molecular formula is C13H26Cl2N2O4. The van der Waals surface area contributed by atoms with Gasteiger partial charge in [-0.3, -0.25) is 0 Å². The fourth-order valence-electron chi connectivity index (χ4n) is 1.73. The molecule has 0 amide bonds. The number of carboxylic acid groups (broad SMARTS) is 2. The van der Waals surface area contributed by atoms with Crippen LogP contribution in [0.2, 0.25) is 0 Å². The summed E-state index contributed by atoms with van der Waals surface area (Å²) >= 11 is 5.54. The zero-order valence-corrected chi connectivity index (χ0v) is 14.1. The van der Waals surface area contributed by atoms with E-state index < -0.39 is 11.9 Å². The second-order valence-corrected chi connectivity index (χ2v) is 5.66. The Labute approximate surface area is 137 Å². The molecule has 2 fully saturated rings. The number of hydrogen-bond acceptors (Lipinski definition) is 4. The maximum absolute atomic E-state index is 9.10. The van der Waals surface area contributed by atoms with Crippen LogP contribution in [0.5, 0.6) is 0 Å². The van der Waals surface area contributed by atoms with Gasteiger partial charge in [-0.25, -0.2) is 9.59 Å². The van der Waals surface area contributed by atoms with Gasteiger partial charge in [0, 0.05) is 19.0 Å². The average Bonchev–Trinajstić information content (AvgIpc) is 2.32. The van der Waals surface area contributed by atoms with Crippen LogP contribution in [0.1, 0.15) is 20.3 Å².